The van der Waals surface area contributed by atoms with Crippen molar-refractivity contribution in [2.75, 3.05) is 5.32 Å². The monoisotopic (exact) mass is 305 g/mol. The number of carbonyl (C=O) groups excluding carboxylic acids is 1. The predicted octanol–water partition coefficient (Wildman–Crippen LogP) is 3.35. The zero-order valence-corrected chi connectivity index (χ0v) is 12.4. The molecule has 0 spiro atoms. The lowest BCUT2D eigenvalue weighted by Crippen LogP contribution is -2.14. The van der Waals surface area contributed by atoms with Gasteiger partial charge < -0.3 is 10.4 Å². The summed E-state index contributed by atoms with van der Waals surface area (Å²) in [6.45, 7) is 0. The third-order valence-corrected chi connectivity index (χ3v) is 4.04. The van der Waals surface area contributed by atoms with E-state index in [-0.39, 0.29) is 17.7 Å². The molecule has 0 atom stereocenters. The zero-order chi connectivity index (χ0) is 15.8. The smallest absolute Gasteiger partial charge is 0.228 e. The third kappa shape index (κ3) is 2.61. The summed E-state index contributed by atoms with van der Waals surface area (Å²) >= 11 is 0. The predicted molar refractivity (Wildman–Crippen MR) is 88.0 cm³/mol. The number of fused-ring (bicyclic) bond motifs is 1. The van der Waals surface area contributed by atoms with Gasteiger partial charge in [-0.3, -0.25) is 4.79 Å². The van der Waals surface area contributed by atoms with Crippen molar-refractivity contribution in [3.8, 4) is 17.0 Å². The maximum atomic E-state index is 11.9. The Morgan fingerprint density at radius 2 is 1.87 bits per heavy atom. The summed E-state index contributed by atoms with van der Waals surface area (Å²) in [6, 6.07) is 11.6. The summed E-state index contributed by atoms with van der Waals surface area (Å²) < 4.78 is 0. The molecule has 5 nitrogen and oxygen atoms in total. The minimum Gasteiger partial charge on any atom is -0.493 e. The van der Waals surface area contributed by atoms with Crippen LogP contribution >= 0.6 is 0 Å². The molecule has 114 valence electrons. The van der Waals surface area contributed by atoms with E-state index in [1.807, 2.05) is 30.3 Å². The fourth-order valence-electron chi connectivity index (χ4n) is 2.61. The topological polar surface area (TPSA) is 75.1 Å². The molecule has 23 heavy (non-hydrogen) atoms. The number of rotatable bonds is 3. The van der Waals surface area contributed by atoms with E-state index in [1.165, 1.54) is 0 Å². The van der Waals surface area contributed by atoms with Crippen LogP contribution in [-0.4, -0.2) is 21.0 Å². The highest BCUT2D eigenvalue weighted by molar-refractivity contribution is 6.01. The molecule has 1 aliphatic carbocycles. The van der Waals surface area contributed by atoms with Gasteiger partial charge in [-0.1, -0.05) is 30.3 Å². The average molecular weight is 305 g/mol. The lowest BCUT2D eigenvalue weighted by Gasteiger charge is -2.10. The van der Waals surface area contributed by atoms with Crippen molar-refractivity contribution in [1.82, 2.24) is 9.97 Å². The minimum absolute atomic E-state index is 0.0105. The second-order valence-corrected chi connectivity index (χ2v) is 5.74. The largest absolute Gasteiger partial charge is 0.493 e. The molecule has 4 rings (SSSR count). The Kier molecular flexibility index (Phi) is 3.19. The maximum absolute atomic E-state index is 11.9. The van der Waals surface area contributed by atoms with E-state index in [9.17, 15) is 9.90 Å². The highest BCUT2D eigenvalue weighted by Gasteiger charge is 2.29. The van der Waals surface area contributed by atoms with Crippen molar-refractivity contribution in [2.24, 2.45) is 5.92 Å². The Bertz CT molecular complexity index is 889. The van der Waals surface area contributed by atoms with E-state index in [4.69, 9.17) is 0 Å². The van der Waals surface area contributed by atoms with E-state index in [2.05, 4.69) is 15.3 Å². The first-order chi connectivity index (χ1) is 11.2. The van der Waals surface area contributed by atoms with Crippen LogP contribution in [0.25, 0.3) is 21.9 Å². The Morgan fingerprint density at radius 1 is 1.09 bits per heavy atom. The van der Waals surface area contributed by atoms with E-state index < -0.39 is 0 Å². The quantitative estimate of drug-likeness (QED) is 0.778. The Balaban J connectivity index is 1.82. The summed E-state index contributed by atoms with van der Waals surface area (Å²) in [5.41, 5.74) is 1.89. The van der Waals surface area contributed by atoms with Gasteiger partial charge in [0.1, 0.15) is 5.82 Å². The van der Waals surface area contributed by atoms with Crippen LogP contribution in [0.15, 0.2) is 48.8 Å². The van der Waals surface area contributed by atoms with Crippen molar-refractivity contribution in [1.29, 1.82) is 0 Å². The number of aromatic hydroxyl groups is 1. The van der Waals surface area contributed by atoms with Crippen LogP contribution in [0.5, 0.6) is 5.88 Å². The molecule has 2 aromatic heterocycles. The highest BCUT2D eigenvalue weighted by Crippen LogP contribution is 2.34. The molecule has 1 amide bonds. The Morgan fingerprint density at radius 3 is 2.61 bits per heavy atom. The van der Waals surface area contributed by atoms with Gasteiger partial charge in [-0.2, -0.15) is 0 Å². The lowest BCUT2D eigenvalue weighted by atomic mass is 10.0. The third-order valence-electron chi connectivity index (χ3n) is 4.04. The number of anilines is 1. The number of nitrogens with one attached hydrogen (secondary N) is 1. The molecule has 1 fully saturated rings. The standard InChI is InChI=1S/C18H15N3O2/c22-17(12-6-7-12)21-16-8-13-14(11-4-2-1-3-5-11)9-20-18(23)15(13)10-19-16/h1-5,8-10,12H,6-7H2,(H,20,23)(H,19,21,22). The Hall–Kier alpha value is -2.95. The van der Waals surface area contributed by atoms with Crippen molar-refractivity contribution >= 4 is 22.5 Å². The van der Waals surface area contributed by atoms with Gasteiger partial charge >= 0.3 is 0 Å². The van der Waals surface area contributed by atoms with Gasteiger partial charge in [0.15, 0.2) is 0 Å². The van der Waals surface area contributed by atoms with Crippen molar-refractivity contribution < 1.29 is 9.90 Å². The molecule has 3 aromatic rings. The number of carbonyl (C=O) groups is 1. The van der Waals surface area contributed by atoms with Crippen LogP contribution in [0.3, 0.4) is 0 Å². The molecule has 1 saturated carbocycles. The van der Waals surface area contributed by atoms with E-state index in [1.54, 1.807) is 18.5 Å². The van der Waals surface area contributed by atoms with Gasteiger partial charge in [0.2, 0.25) is 11.8 Å². The van der Waals surface area contributed by atoms with Gasteiger partial charge in [0, 0.05) is 29.3 Å². The molecule has 2 heterocycles. The number of hydrogen-bond donors (Lipinski definition) is 2. The fourth-order valence-corrected chi connectivity index (χ4v) is 2.61. The maximum Gasteiger partial charge on any atom is 0.228 e. The second kappa shape index (κ2) is 5.35. The van der Waals surface area contributed by atoms with Crippen molar-refractivity contribution in [3.05, 3.63) is 48.8 Å². The van der Waals surface area contributed by atoms with Gasteiger partial charge in [-0.05, 0) is 24.5 Å². The number of hydrogen-bond acceptors (Lipinski definition) is 4. The first-order valence-corrected chi connectivity index (χ1v) is 7.56. The molecule has 0 radical (unpaired) electrons. The van der Waals surface area contributed by atoms with E-state index in [0.29, 0.717) is 11.2 Å². The summed E-state index contributed by atoms with van der Waals surface area (Å²) in [6.07, 6.45) is 5.07. The lowest BCUT2D eigenvalue weighted by molar-refractivity contribution is -0.117. The number of aromatic nitrogens is 2. The van der Waals surface area contributed by atoms with Crippen molar-refractivity contribution in [3.63, 3.8) is 0 Å². The molecule has 0 unspecified atom stereocenters. The van der Waals surface area contributed by atoms with Crippen LogP contribution in [0.2, 0.25) is 0 Å². The molecule has 2 N–H and O–H groups in total. The zero-order valence-electron chi connectivity index (χ0n) is 12.4. The molecule has 0 bridgehead atoms. The summed E-state index contributed by atoms with van der Waals surface area (Å²) in [4.78, 5) is 20.2. The summed E-state index contributed by atoms with van der Waals surface area (Å²) in [5.74, 6) is 0.563. The van der Waals surface area contributed by atoms with Gasteiger partial charge in [0.25, 0.3) is 0 Å². The summed E-state index contributed by atoms with van der Waals surface area (Å²) in [7, 11) is 0. The molecule has 1 aliphatic rings. The SMILES string of the molecule is O=C(Nc1cc2c(-c3ccccc3)cnc(O)c2cn1)C1CC1. The molecule has 1 aromatic carbocycles. The summed E-state index contributed by atoms with van der Waals surface area (Å²) in [5, 5.41) is 14.2. The molecular weight excluding hydrogens is 290 g/mol. The molecule has 0 saturated heterocycles. The molecule has 5 heteroatoms. The van der Waals surface area contributed by atoms with Crippen molar-refractivity contribution in [2.45, 2.75) is 12.8 Å². The minimum atomic E-state index is -0.0627. The first-order valence-electron chi connectivity index (χ1n) is 7.56. The van der Waals surface area contributed by atoms with Crippen LogP contribution in [-0.2, 0) is 4.79 Å². The second-order valence-electron chi connectivity index (χ2n) is 5.74. The van der Waals surface area contributed by atoms with Crippen LogP contribution < -0.4 is 5.32 Å². The van der Waals surface area contributed by atoms with E-state index >= 15 is 0 Å². The normalized spacial score (nSPS) is 13.9. The Labute approximate surface area is 133 Å². The molecular formula is C18H15N3O2. The van der Waals surface area contributed by atoms with Crippen LogP contribution in [0, 0.1) is 5.92 Å². The van der Waals surface area contributed by atoms with Crippen LogP contribution in [0.4, 0.5) is 5.82 Å². The number of amides is 1. The van der Waals surface area contributed by atoms with Gasteiger partial charge in [-0.15, -0.1) is 0 Å². The number of pyridine rings is 2. The van der Waals surface area contributed by atoms with Crippen LogP contribution in [0.1, 0.15) is 12.8 Å². The number of benzene rings is 1. The first kappa shape index (κ1) is 13.7. The fraction of sp³-hybridized carbons (Fsp3) is 0.167. The van der Waals surface area contributed by atoms with Gasteiger partial charge in [0.05, 0.1) is 5.39 Å². The molecule has 0 aliphatic heterocycles. The van der Waals surface area contributed by atoms with Gasteiger partial charge in [-0.25, -0.2) is 9.97 Å². The average Bonchev–Trinajstić information content (AvgIpc) is 3.41. The number of nitrogens with zero attached hydrogens (tertiary/aromatic N) is 2. The van der Waals surface area contributed by atoms with E-state index in [0.717, 1.165) is 29.4 Å². The highest BCUT2D eigenvalue weighted by atomic mass is 16.3.